The van der Waals surface area contributed by atoms with Crippen LogP contribution in [0.3, 0.4) is 0 Å². The average molecular weight is 797 g/mol. The Morgan fingerprint density at radius 1 is 0.567 bits per heavy atom. The minimum atomic E-state index is -0.350. The number of benzene rings is 3. The first kappa shape index (κ1) is 37.1. The molecule has 4 aliphatic rings. The van der Waals surface area contributed by atoms with Gasteiger partial charge in [-0.2, -0.15) is 9.13 Å². The number of para-hydroxylation sites is 3. The monoisotopic (exact) mass is 797 g/mol. The van der Waals surface area contributed by atoms with Crippen molar-refractivity contribution in [3.63, 3.8) is 0 Å². The van der Waals surface area contributed by atoms with E-state index in [-0.39, 0.29) is 12.2 Å². The van der Waals surface area contributed by atoms with Gasteiger partial charge < -0.3 is 9.80 Å². The maximum atomic E-state index is 9.34. The molecule has 1 atom stereocenters. The molecule has 7 aromatic rings. The fourth-order valence-corrected chi connectivity index (χ4v) is 10.8. The molecule has 11 rings (SSSR count). The van der Waals surface area contributed by atoms with Crippen molar-refractivity contribution in [1.82, 2.24) is 14.0 Å². The zero-order valence-corrected chi connectivity index (χ0v) is 36.4. The van der Waals surface area contributed by atoms with Crippen molar-refractivity contribution >= 4 is 17.0 Å². The van der Waals surface area contributed by atoms with Crippen LogP contribution in [0.5, 0.6) is 0 Å². The summed E-state index contributed by atoms with van der Waals surface area (Å²) in [6.07, 6.45) is 22.4. The molecule has 2 aliphatic carbocycles. The molecule has 3 aromatic carbocycles. The highest BCUT2D eigenvalue weighted by Gasteiger charge is 2.54. The summed E-state index contributed by atoms with van der Waals surface area (Å²) in [5.74, 6) is 1.43. The summed E-state index contributed by atoms with van der Waals surface area (Å²) < 4.78 is 26.0. The van der Waals surface area contributed by atoms with Crippen molar-refractivity contribution in [1.29, 1.82) is 0 Å². The van der Waals surface area contributed by atoms with Gasteiger partial charge in [0.1, 0.15) is 36.5 Å². The minimum Gasteiger partial charge on any atom is -0.342 e. The number of fused-ring (bicyclic) bond motifs is 3. The Kier molecular flexibility index (Phi) is 10.3. The van der Waals surface area contributed by atoms with Crippen molar-refractivity contribution in [2.45, 2.75) is 98.4 Å². The number of aromatic nitrogens is 4. The van der Waals surface area contributed by atoms with E-state index in [1.165, 1.54) is 102 Å². The molecule has 0 radical (unpaired) electrons. The highest BCUT2D eigenvalue weighted by molar-refractivity contribution is 5.62. The van der Waals surface area contributed by atoms with Crippen molar-refractivity contribution in [3.05, 3.63) is 186 Å². The van der Waals surface area contributed by atoms with Gasteiger partial charge in [-0.15, -0.1) is 0 Å². The first-order valence-electron chi connectivity index (χ1n) is 23.2. The Hall–Kier alpha value is -5.88. The van der Waals surface area contributed by atoms with E-state index in [9.17, 15) is 1.37 Å². The molecule has 0 N–H and O–H groups in total. The van der Waals surface area contributed by atoms with Crippen molar-refractivity contribution in [3.8, 4) is 11.4 Å². The Morgan fingerprint density at radius 3 is 1.58 bits per heavy atom. The normalized spacial score (nSPS) is 19.1. The molecule has 4 aromatic heterocycles. The smallest absolute Gasteiger partial charge is 0.291 e. The lowest BCUT2D eigenvalue weighted by Crippen LogP contribution is -2.54. The molecule has 60 heavy (non-hydrogen) atoms. The van der Waals surface area contributed by atoms with Crippen LogP contribution >= 0.6 is 0 Å². The number of hydrogen-bond acceptors (Lipinski definition) is 2. The van der Waals surface area contributed by atoms with Crippen LogP contribution in [0.25, 0.3) is 22.7 Å². The maximum absolute atomic E-state index is 9.34. The molecule has 2 saturated carbocycles. The van der Waals surface area contributed by atoms with Crippen molar-refractivity contribution in [2.24, 2.45) is 11.8 Å². The van der Waals surface area contributed by atoms with Gasteiger partial charge in [-0.3, -0.25) is 0 Å². The van der Waals surface area contributed by atoms with Crippen molar-refractivity contribution in [2.75, 3.05) is 11.5 Å². The molecule has 6 heteroatoms. The fourth-order valence-electron chi connectivity index (χ4n) is 10.8. The second kappa shape index (κ2) is 16.6. The molecule has 2 fully saturated rings. The standard InChI is InChI=1S/C24H32N2.2C15H15N2/c1-18-9-3-8-14-22(18)25-17-26-23(19(25)2)15-16-24(26,20-10-4-5-11-20)21-12-6-7-13-21;2*1-12-7-3-4-8-14(12)17-13(2)11-16-10-6-5-9-15(16)17/h3,8-9,14-16,20-21H,4-7,10-13,17H2,1-2H3;2*3-11H,1-2H3/q;2*+1/i17D;11D;. The Bertz CT molecular complexity index is 2780. The van der Waals surface area contributed by atoms with E-state index in [1.807, 2.05) is 47.9 Å². The van der Waals surface area contributed by atoms with E-state index in [2.05, 4.69) is 161 Å². The summed E-state index contributed by atoms with van der Waals surface area (Å²) in [4.78, 5) is 4.80. The van der Waals surface area contributed by atoms with E-state index in [0.717, 1.165) is 17.0 Å². The molecule has 0 saturated heterocycles. The Balaban J connectivity index is 0.000000123. The van der Waals surface area contributed by atoms with Gasteiger partial charge in [0.15, 0.2) is 0 Å². The lowest BCUT2D eigenvalue weighted by atomic mass is 9.71. The summed E-state index contributed by atoms with van der Waals surface area (Å²) in [5, 5.41) is 0. The van der Waals surface area contributed by atoms with Gasteiger partial charge >= 0.3 is 0 Å². The van der Waals surface area contributed by atoms with Gasteiger partial charge in [0.25, 0.3) is 11.3 Å². The van der Waals surface area contributed by atoms with Crippen molar-refractivity contribution < 1.29 is 11.5 Å². The molecule has 306 valence electrons. The molecule has 6 nitrogen and oxygen atoms in total. The Labute approximate surface area is 360 Å². The third-order valence-electron chi connectivity index (χ3n) is 13.7. The summed E-state index contributed by atoms with van der Waals surface area (Å²) in [6, 6.07) is 37.5. The van der Waals surface area contributed by atoms with Gasteiger partial charge in [0, 0.05) is 37.4 Å². The number of pyridine rings is 2. The molecule has 0 amide bonds. The summed E-state index contributed by atoms with van der Waals surface area (Å²) in [6.45, 7) is 12.4. The lowest BCUT2D eigenvalue weighted by Gasteiger charge is -2.47. The first-order valence-corrected chi connectivity index (χ1v) is 22.2. The lowest BCUT2D eigenvalue weighted by molar-refractivity contribution is -0.510. The Morgan fingerprint density at radius 2 is 1.03 bits per heavy atom. The van der Waals surface area contributed by atoms with E-state index in [4.69, 9.17) is 1.37 Å². The second-order valence-electron chi connectivity index (χ2n) is 17.4. The molecule has 0 bridgehead atoms. The molecule has 2 aliphatic heterocycles. The summed E-state index contributed by atoms with van der Waals surface area (Å²) >= 11 is 0. The quantitative estimate of drug-likeness (QED) is 0.162. The van der Waals surface area contributed by atoms with Crippen LogP contribution < -0.4 is 13.7 Å². The van der Waals surface area contributed by atoms with E-state index < -0.39 is 0 Å². The molecular formula is C54H62N6+2. The number of aryl methyl sites for hydroxylation is 4. The highest BCUT2D eigenvalue weighted by Crippen LogP contribution is 2.55. The summed E-state index contributed by atoms with van der Waals surface area (Å²) in [5.41, 5.74) is 14.4. The van der Waals surface area contributed by atoms with Gasteiger partial charge in [-0.1, -0.05) is 98.5 Å². The second-order valence-corrected chi connectivity index (χ2v) is 17.4. The zero-order valence-electron chi connectivity index (χ0n) is 38.4. The van der Waals surface area contributed by atoms with Crippen LogP contribution in [0, 0.1) is 46.5 Å². The number of allylic oxidation sites excluding steroid dienone is 2. The third kappa shape index (κ3) is 7.04. The van der Waals surface area contributed by atoms with Crippen LogP contribution in [0.15, 0.2) is 158 Å². The average Bonchev–Trinajstić information content (AvgIpc) is 4.15. The zero-order chi connectivity index (χ0) is 43.1. The van der Waals surface area contributed by atoms with Crippen LogP contribution in [-0.4, -0.2) is 26.2 Å². The number of imidazole rings is 2. The largest absolute Gasteiger partial charge is 0.342 e. The molecule has 0 spiro atoms. The number of rotatable bonds is 5. The van der Waals surface area contributed by atoms with Crippen LogP contribution in [-0.2, 0) is 0 Å². The van der Waals surface area contributed by atoms with Crippen LogP contribution in [0.2, 0.25) is 0 Å². The predicted molar refractivity (Wildman–Crippen MR) is 246 cm³/mol. The first-order chi connectivity index (χ1) is 30.1. The third-order valence-corrected chi connectivity index (χ3v) is 13.7. The van der Waals surface area contributed by atoms with Crippen LogP contribution in [0.1, 0.15) is 89.1 Å². The minimum absolute atomic E-state index is 0.0768. The van der Waals surface area contributed by atoms with Gasteiger partial charge in [0.2, 0.25) is 0 Å². The topological polar surface area (TPSA) is 24.5 Å². The maximum Gasteiger partial charge on any atom is 0.291 e. The number of anilines is 1. The van der Waals surface area contributed by atoms with Crippen LogP contribution in [0.4, 0.5) is 5.69 Å². The fraction of sp³-hybridized carbons (Fsp3) is 0.333. The molecule has 6 heterocycles. The number of nitrogens with zero attached hydrogens (tertiary/aromatic N) is 6. The van der Waals surface area contributed by atoms with E-state index >= 15 is 0 Å². The van der Waals surface area contributed by atoms with Gasteiger partial charge in [0.05, 0.1) is 31.6 Å². The predicted octanol–water partition coefficient (Wildman–Crippen LogP) is 11.7. The van der Waals surface area contributed by atoms with Gasteiger partial charge in [-0.25, -0.2) is 8.80 Å². The van der Waals surface area contributed by atoms with E-state index in [1.54, 1.807) is 0 Å². The number of hydrogen-bond donors (Lipinski definition) is 0. The summed E-state index contributed by atoms with van der Waals surface area (Å²) in [7, 11) is 0. The van der Waals surface area contributed by atoms with E-state index in [0.29, 0.717) is 18.0 Å². The highest BCUT2D eigenvalue weighted by atomic mass is 15.4. The van der Waals surface area contributed by atoms with Gasteiger partial charge in [-0.05, 0) is 118 Å². The molecule has 1 unspecified atom stereocenters. The molecular weight excluding hydrogens is 733 g/mol. The SMILES string of the molecule is Cc1ccccc1-n1c(C)c[n+]2ccccc12.[2H]C1N(c2ccccc2C)C(C)=C2C=CC(C3CCCC3)(C3CCCC3)N21.[2H]c1c(C)n(-c2ccccc2C)c2cccc[n+]12.